The number of imidazole rings is 1. The smallest absolute Gasteiger partial charge is 0.231 e. The Bertz CT molecular complexity index is 858. The van der Waals surface area contributed by atoms with Crippen LogP contribution in [0.3, 0.4) is 0 Å². The lowest BCUT2D eigenvalue weighted by atomic mass is 10.1. The van der Waals surface area contributed by atoms with Gasteiger partial charge in [0.15, 0.2) is 17.3 Å². The second-order valence-electron chi connectivity index (χ2n) is 5.07. The van der Waals surface area contributed by atoms with Crippen molar-refractivity contribution in [3.05, 3.63) is 36.7 Å². The average molecular weight is 310 g/mol. The molecule has 0 atom stereocenters. The largest absolute Gasteiger partial charge is 0.496 e. The summed E-state index contributed by atoms with van der Waals surface area (Å²) < 4.78 is 18.1. The van der Waals surface area contributed by atoms with Gasteiger partial charge in [0.1, 0.15) is 11.4 Å². The summed E-state index contributed by atoms with van der Waals surface area (Å²) in [5.74, 6) is 2.77. The van der Waals surface area contributed by atoms with E-state index in [1.165, 1.54) is 0 Å². The molecular formula is C16H14N4O3. The molecule has 0 bridgehead atoms. The van der Waals surface area contributed by atoms with E-state index in [0.29, 0.717) is 28.6 Å². The monoisotopic (exact) mass is 310 g/mol. The maximum Gasteiger partial charge on any atom is 0.231 e. The van der Waals surface area contributed by atoms with Gasteiger partial charge in [0, 0.05) is 31.1 Å². The molecule has 0 spiro atoms. The van der Waals surface area contributed by atoms with Crippen LogP contribution < -0.4 is 14.2 Å². The number of benzene rings is 1. The molecule has 23 heavy (non-hydrogen) atoms. The van der Waals surface area contributed by atoms with E-state index in [0.717, 1.165) is 11.4 Å². The first-order valence-electron chi connectivity index (χ1n) is 7.05. The van der Waals surface area contributed by atoms with E-state index < -0.39 is 0 Å². The van der Waals surface area contributed by atoms with Gasteiger partial charge in [-0.05, 0) is 18.2 Å². The molecule has 0 N–H and O–H groups in total. The van der Waals surface area contributed by atoms with Crippen molar-refractivity contribution in [2.45, 2.75) is 0 Å². The van der Waals surface area contributed by atoms with Gasteiger partial charge in [0.05, 0.1) is 12.8 Å². The zero-order chi connectivity index (χ0) is 15.8. The molecule has 1 aliphatic rings. The molecule has 4 rings (SSSR count). The molecule has 0 fully saturated rings. The van der Waals surface area contributed by atoms with Gasteiger partial charge in [-0.1, -0.05) is 0 Å². The first-order chi connectivity index (χ1) is 11.3. The van der Waals surface area contributed by atoms with Crippen LogP contribution in [-0.4, -0.2) is 33.7 Å². The summed E-state index contributed by atoms with van der Waals surface area (Å²) in [7, 11) is 3.52. The summed E-state index contributed by atoms with van der Waals surface area (Å²) in [6.45, 7) is 0.214. The summed E-state index contributed by atoms with van der Waals surface area (Å²) in [4.78, 5) is 4.27. The van der Waals surface area contributed by atoms with Crippen LogP contribution in [0.4, 0.5) is 0 Å². The first-order valence-corrected chi connectivity index (χ1v) is 7.05. The molecule has 0 amide bonds. The highest BCUT2D eigenvalue weighted by molar-refractivity contribution is 5.72. The maximum absolute atomic E-state index is 5.43. The van der Waals surface area contributed by atoms with Crippen molar-refractivity contribution < 1.29 is 14.2 Å². The zero-order valence-corrected chi connectivity index (χ0v) is 12.7. The highest BCUT2D eigenvalue weighted by Gasteiger charge is 2.19. The van der Waals surface area contributed by atoms with Crippen LogP contribution in [0, 0.1) is 0 Å². The number of aromatic nitrogens is 4. The summed E-state index contributed by atoms with van der Waals surface area (Å²) in [6.07, 6.45) is 3.59. The number of fused-ring (bicyclic) bond motifs is 1. The third kappa shape index (κ3) is 2.26. The highest BCUT2D eigenvalue weighted by Crippen LogP contribution is 2.41. The van der Waals surface area contributed by atoms with Gasteiger partial charge in [-0.2, -0.15) is 0 Å². The third-order valence-electron chi connectivity index (χ3n) is 3.69. The molecule has 0 radical (unpaired) electrons. The molecule has 1 aromatic carbocycles. The van der Waals surface area contributed by atoms with E-state index in [9.17, 15) is 0 Å². The average Bonchev–Trinajstić information content (AvgIpc) is 3.21. The Labute approximate surface area is 132 Å². The fourth-order valence-corrected chi connectivity index (χ4v) is 2.50. The Hall–Kier alpha value is -3.09. The maximum atomic E-state index is 5.43. The third-order valence-corrected chi connectivity index (χ3v) is 3.69. The molecule has 116 valence electrons. The van der Waals surface area contributed by atoms with Crippen LogP contribution in [0.15, 0.2) is 36.7 Å². The number of ether oxygens (including phenoxy) is 3. The van der Waals surface area contributed by atoms with Crippen molar-refractivity contribution in [3.8, 4) is 40.0 Å². The summed E-state index contributed by atoms with van der Waals surface area (Å²) in [5.41, 5.74) is 2.20. The van der Waals surface area contributed by atoms with Gasteiger partial charge in [-0.3, -0.25) is 0 Å². The Kier molecular flexibility index (Phi) is 3.11. The molecule has 2 aromatic heterocycles. The van der Waals surface area contributed by atoms with E-state index in [1.54, 1.807) is 19.4 Å². The first kappa shape index (κ1) is 13.6. The van der Waals surface area contributed by atoms with Crippen molar-refractivity contribution in [3.63, 3.8) is 0 Å². The zero-order valence-electron chi connectivity index (χ0n) is 12.7. The van der Waals surface area contributed by atoms with E-state index in [1.807, 2.05) is 36.0 Å². The van der Waals surface area contributed by atoms with Gasteiger partial charge in [0.2, 0.25) is 6.79 Å². The van der Waals surface area contributed by atoms with Crippen molar-refractivity contribution in [1.82, 2.24) is 19.7 Å². The number of methoxy groups -OCH3 is 1. The number of aryl methyl sites for hydroxylation is 1. The lowest BCUT2D eigenvalue weighted by molar-refractivity contribution is 0.174. The minimum Gasteiger partial charge on any atom is -0.496 e. The molecule has 1 aliphatic heterocycles. The van der Waals surface area contributed by atoms with Crippen LogP contribution in [0.5, 0.6) is 17.2 Å². The Morgan fingerprint density at radius 2 is 1.83 bits per heavy atom. The van der Waals surface area contributed by atoms with Crippen molar-refractivity contribution in [1.29, 1.82) is 0 Å². The summed E-state index contributed by atoms with van der Waals surface area (Å²) in [6, 6.07) is 7.42. The fraction of sp³-hybridized carbons (Fsp3) is 0.188. The Balaban J connectivity index is 1.75. The van der Waals surface area contributed by atoms with Gasteiger partial charge < -0.3 is 18.8 Å². The molecule has 0 aliphatic carbocycles. The normalized spacial score (nSPS) is 12.4. The van der Waals surface area contributed by atoms with Gasteiger partial charge in [-0.15, -0.1) is 10.2 Å². The minimum atomic E-state index is 0.214. The van der Waals surface area contributed by atoms with E-state index in [2.05, 4.69) is 15.2 Å². The molecule has 3 heterocycles. The fourth-order valence-electron chi connectivity index (χ4n) is 2.50. The molecule has 0 unspecified atom stereocenters. The topological polar surface area (TPSA) is 71.3 Å². The predicted octanol–water partition coefficient (Wildman–Crippen LogP) is 2.28. The van der Waals surface area contributed by atoms with E-state index in [4.69, 9.17) is 14.2 Å². The SMILES string of the molecule is COc1cc2c(cc1-c1ccc(-c3nccn3C)nn1)OCO2. The van der Waals surface area contributed by atoms with E-state index in [-0.39, 0.29) is 6.79 Å². The van der Waals surface area contributed by atoms with Crippen LogP contribution in [0.25, 0.3) is 22.8 Å². The number of hydrogen-bond donors (Lipinski definition) is 0. The van der Waals surface area contributed by atoms with Crippen molar-refractivity contribution >= 4 is 0 Å². The molecule has 7 heteroatoms. The lowest BCUT2D eigenvalue weighted by Gasteiger charge is -2.09. The van der Waals surface area contributed by atoms with Crippen LogP contribution in [0.2, 0.25) is 0 Å². The van der Waals surface area contributed by atoms with Gasteiger partial charge in [-0.25, -0.2) is 4.98 Å². The van der Waals surface area contributed by atoms with Crippen LogP contribution >= 0.6 is 0 Å². The molecular weight excluding hydrogens is 296 g/mol. The van der Waals surface area contributed by atoms with Crippen molar-refractivity contribution in [2.24, 2.45) is 7.05 Å². The number of hydrogen-bond acceptors (Lipinski definition) is 6. The number of rotatable bonds is 3. The standard InChI is InChI=1S/C16H14N4O3/c1-20-6-5-17-16(20)12-4-3-11(18-19-12)10-7-14-15(23-9-22-14)8-13(10)21-2/h3-8H,9H2,1-2H3. The summed E-state index contributed by atoms with van der Waals surface area (Å²) in [5, 5.41) is 8.57. The Morgan fingerprint density at radius 1 is 1.09 bits per heavy atom. The van der Waals surface area contributed by atoms with Gasteiger partial charge >= 0.3 is 0 Å². The molecule has 0 saturated carbocycles. The van der Waals surface area contributed by atoms with E-state index >= 15 is 0 Å². The second-order valence-corrected chi connectivity index (χ2v) is 5.07. The van der Waals surface area contributed by atoms with Crippen molar-refractivity contribution in [2.75, 3.05) is 13.9 Å². The quantitative estimate of drug-likeness (QED) is 0.739. The lowest BCUT2D eigenvalue weighted by Crippen LogP contribution is -1.97. The second kappa shape index (κ2) is 5.28. The predicted molar refractivity (Wildman–Crippen MR) is 82.3 cm³/mol. The highest BCUT2D eigenvalue weighted by atomic mass is 16.7. The number of nitrogens with zero attached hydrogens (tertiary/aromatic N) is 4. The summed E-state index contributed by atoms with van der Waals surface area (Å²) >= 11 is 0. The van der Waals surface area contributed by atoms with Crippen LogP contribution in [-0.2, 0) is 7.05 Å². The molecule has 0 saturated heterocycles. The molecule has 7 nitrogen and oxygen atoms in total. The Morgan fingerprint density at radius 3 is 2.48 bits per heavy atom. The van der Waals surface area contributed by atoms with Gasteiger partial charge in [0.25, 0.3) is 0 Å². The molecule has 3 aromatic rings. The van der Waals surface area contributed by atoms with Crippen LogP contribution in [0.1, 0.15) is 0 Å². The minimum absolute atomic E-state index is 0.214.